The van der Waals surface area contributed by atoms with E-state index in [1.807, 2.05) is 0 Å². The Bertz CT molecular complexity index is 411. The molecule has 0 radical (unpaired) electrons. The van der Waals surface area contributed by atoms with Crippen LogP contribution < -0.4 is 16.6 Å². The van der Waals surface area contributed by atoms with Crippen molar-refractivity contribution in [2.45, 2.75) is 12.0 Å². The highest BCUT2D eigenvalue weighted by atomic mass is 79.9. The summed E-state index contributed by atoms with van der Waals surface area (Å²) < 4.78 is 11.7. The van der Waals surface area contributed by atoms with E-state index < -0.39 is 0 Å². The Morgan fingerprint density at radius 1 is 1.67 bits per heavy atom. The fourth-order valence-electron chi connectivity index (χ4n) is 1.77. The Labute approximate surface area is 114 Å². The first-order valence-corrected chi connectivity index (χ1v) is 6.34. The molecule has 1 aromatic heterocycles. The van der Waals surface area contributed by atoms with Crippen LogP contribution in [0.2, 0.25) is 0 Å². The molecular formula is C10H16BrN5O2. The molecule has 1 aliphatic heterocycles. The lowest BCUT2D eigenvalue weighted by atomic mass is 10.0. The highest BCUT2D eigenvalue weighted by Gasteiger charge is 2.34. The van der Waals surface area contributed by atoms with Crippen LogP contribution in [0.1, 0.15) is 6.42 Å². The van der Waals surface area contributed by atoms with Crippen LogP contribution in [-0.2, 0) is 9.47 Å². The first-order valence-electron chi connectivity index (χ1n) is 5.55. The van der Waals surface area contributed by atoms with E-state index in [9.17, 15) is 0 Å². The lowest BCUT2D eigenvalue weighted by Gasteiger charge is -2.26. The molecule has 0 amide bonds. The van der Waals surface area contributed by atoms with Crippen molar-refractivity contribution < 1.29 is 9.47 Å². The summed E-state index contributed by atoms with van der Waals surface area (Å²) >= 11 is 3.38. The zero-order valence-corrected chi connectivity index (χ0v) is 11.7. The number of hydrogen-bond acceptors (Lipinski definition) is 7. The maximum atomic E-state index is 5.53. The maximum Gasteiger partial charge on any atom is 0.239 e. The smallest absolute Gasteiger partial charge is 0.239 e. The molecule has 0 aliphatic carbocycles. The van der Waals surface area contributed by atoms with Crippen LogP contribution in [0, 0.1) is 0 Å². The molecule has 18 heavy (non-hydrogen) atoms. The monoisotopic (exact) mass is 317 g/mol. The number of methoxy groups -OCH3 is 1. The quantitative estimate of drug-likeness (QED) is 0.544. The van der Waals surface area contributed by atoms with Crippen molar-refractivity contribution >= 4 is 27.7 Å². The van der Waals surface area contributed by atoms with Crippen molar-refractivity contribution in [2.24, 2.45) is 5.84 Å². The van der Waals surface area contributed by atoms with Gasteiger partial charge in [-0.15, -0.1) is 0 Å². The van der Waals surface area contributed by atoms with Gasteiger partial charge in [-0.1, -0.05) is 0 Å². The Kier molecular flexibility index (Phi) is 4.33. The minimum Gasteiger partial charge on any atom is -0.378 e. The fourth-order valence-corrected chi connectivity index (χ4v) is 2.10. The van der Waals surface area contributed by atoms with Crippen molar-refractivity contribution in [3.63, 3.8) is 0 Å². The molecule has 1 aliphatic rings. The number of nitrogens with two attached hydrogens (primary N) is 1. The van der Waals surface area contributed by atoms with Gasteiger partial charge in [0.25, 0.3) is 0 Å². The average molecular weight is 318 g/mol. The van der Waals surface area contributed by atoms with Gasteiger partial charge in [0, 0.05) is 32.9 Å². The zero-order chi connectivity index (χ0) is 13.0. The summed E-state index contributed by atoms with van der Waals surface area (Å²) in [6.07, 6.45) is 2.50. The molecule has 1 fully saturated rings. The van der Waals surface area contributed by atoms with E-state index in [1.54, 1.807) is 13.3 Å². The van der Waals surface area contributed by atoms with Crippen LogP contribution in [0.15, 0.2) is 10.7 Å². The molecule has 0 saturated carbocycles. The molecular weight excluding hydrogens is 302 g/mol. The second kappa shape index (κ2) is 5.79. The number of hydrogen-bond donors (Lipinski definition) is 3. The summed E-state index contributed by atoms with van der Waals surface area (Å²) in [6.45, 7) is 1.92. The molecule has 1 saturated heterocycles. The maximum absolute atomic E-state index is 5.53. The number of aromatic nitrogens is 2. The Hall–Kier alpha value is -0.960. The summed E-state index contributed by atoms with van der Waals surface area (Å²) in [5, 5.41) is 3.22. The van der Waals surface area contributed by atoms with E-state index in [4.69, 9.17) is 15.3 Å². The SMILES string of the molecule is COC1(CNc2nc(NN)ncc2Br)CCOC1. The van der Waals surface area contributed by atoms with Gasteiger partial charge in [-0.3, -0.25) is 5.43 Å². The van der Waals surface area contributed by atoms with Gasteiger partial charge in [0.15, 0.2) is 0 Å². The Morgan fingerprint density at radius 3 is 3.11 bits per heavy atom. The number of nitrogens with zero attached hydrogens (tertiary/aromatic N) is 2. The van der Waals surface area contributed by atoms with Crippen LogP contribution in [-0.4, -0.2) is 42.4 Å². The fraction of sp³-hybridized carbons (Fsp3) is 0.600. The van der Waals surface area contributed by atoms with Crippen molar-refractivity contribution in [3.05, 3.63) is 10.7 Å². The normalized spacial score (nSPS) is 23.1. The highest BCUT2D eigenvalue weighted by Crippen LogP contribution is 2.25. The van der Waals surface area contributed by atoms with Gasteiger partial charge in [-0.2, -0.15) is 4.98 Å². The van der Waals surface area contributed by atoms with E-state index in [2.05, 4.69) is 36.6 Å². The molecule has 1 aromatic rings. The summed E-state index contributed by atoms with van der Waals surface area (Å²) in [7, 11) is 1.69. The van der Waals surface area contributed by atoms with Crippen LogP contribution >= 0.6 is 15.9 Å². The molecule has 7 nitrogen and oxygen atoms in total. The van der Waals surface area contributed by atoms with Crippen molar-refractivity contribution in [3.8, 4) is 0 Å². The van der Waals surface area contributed by atoms with Crippen LogP contribution in [0.3, 0.4) is 0 Å². The van der Waals surface area contributed by atoms with Crippen molar-refractivity contribution in [2.75, 3.05) is 37.6 Å². The summed E-state index contributed by atoms with van der Waals surface area (Å²) in [5.74, 6) is 6.30. The molecule has 0 spiro atoms. The number of halogens is 1. The zero-order valence-electron chi connectivity index (χ0n) is 10.1. The van der Waals surface area contributed by atoms with E-state index in [-0.39, 0.29) is 5.60 Å². The minimum atomic E-state index is -0.291. The molecule has 1 unspecified atom stereocenters. The standard InChI is InChI=1S/C10H16BrN5O2/c1-17-10(2-3-18-6-10)5-14-8-7(11)4-13-9(15-8)16-12/h4H,2-3,5-6,12H2,1H3,(H2,13,14,15,16). The Balaban J connectivity index is 2.05. The lowest BCUT2D eigenvalue weighted by molar-refractivity contribution is -0.00626. The molecule has 0 bridgehead atoms. The van der Waals surface area contributed by atoms with Crippen molar-refractivity contribution in [1.29, 1.82) is 0 Å². The third-order valence-corrected chi connectivity index (χ3v) is 3.53. The highest BCUT2D eigenvalue weighted by molar-refractivity contribution is 9.10. The van der Waals surface area contributed by atoms with Crippen LogP contribution in [0.25, 0.3) is 0 Å². The number of rotatable bonds is 5. The third kappa shape index (κ3) is 2.89. The van der Waals surface area contributed by atoms with Gasteiger partial charge in [0.1, 0.15) is 11.4 Å². The molecule has 100 valence electrons. The molecule has 4 N–H and O–H groups in total. The van der Waals surface area contributed by atoms with E-state index in [0.717, 1.165) is 17.5 Å². The Morgan fingerprint density at radius 2 is 2.50 bits per heavy atom. The summed E-state index contributed by atoms with van der Waals surface area (Å²) in [4.78, 5) is 8.20. The van der Waals surface area contributed by atoms with Gasteiger partial charge in [-0.25, -0.2) is 10.8 Å². The predicted molar refractivity (Wildman–Crippen MR) is 71.2 cm³/mol. The number of nitrogen functional groups attached to an aromatic ring is 1. The second-order valence-electron chi connectivity index (χ2n) is 4.08. The molecule has 2 rings (SSSR count). The third-order valence-electron chi connectivity index (χ3n) is 2.95. The van der Waals surface area contributed by atoms with E-state index in [1.165, 1.54) is 0 Å². The molecule has 1 atom stereocenters. The van der Waals surface area contributed by atoms with Gasteiger partial charge in [0.2, 0.25) is 5.95 Å². The van der Waals surface area contributed by atoms with Gasteiger partial charge in [0.05, 0.1) is 11.1 Å². The average Bonchev–Trinajstić information content (AvgIpc) is 2.87. The van der Waals surface area contributed by atoms with Crippen LogP contribution in [0.5, 0.6) is 0 Å². The second-order valence-corrected chi connectivity index (χ2v) is 4.93. The number of ether oxygens (including phenoxy) is 2. The number of anilines is 2. The minimum absolute atomic E-state index is 0.291. The van der Waals surface area contributed by atoms with Gasteiger partial charge in [-0.05, 0) is 15.9 Å². The van der Waals surface area contributed by atoms with Crippen molar-refractivity contribution in [1.82, 2.24) is 9.97 Å². The van der Waals surface area contributed by atoms with E-state index in [0.29, 0.717) is 24.9 Å². The molecule has 2 heterocycles. The largest absolute Gasteiger partial charge is 0.378 e. The first-order chi connectivity index (χ1) is 8.69. The lowest BCUT2D eigenvalue weighted by Crippen LogP contribution is -2.39. The summed E-state index contributed by atoms with van der Waals surface area (Å²) in [5.41, 5.74) is 2.12. The summed E-state index contributed by atoms with van der Waals surface area (Å²) in [6, 6.07) is 0. The predicted octanol–water partition coefficient (Wildman–Crippen LogP) is 0.742. The topological polar surface area (TPSA) is 94.3 Å². The molecule has 0 aromatic carbocycles. The number of nitrogens with one attached hydrogen (secondary N) is 2. The van der Waals surface area contributed by atoms with Gasteiger partial charge < -0.3 is 14.8 Å². The van der Waals surface area contributed by atoms with E-state index >= 15 is 0 Å². The number of hydrazine groups is 1. The first kappa shape index (κ1) is 13.5. The molecule has 8 heteroatoms. The van der Waals surface area contributed by atoms with Gasteiger partial charge >= 0.3 is 0 Å². The van der Waals surface area contributed by atoms with Crippen LogP contribution in [0.4, 0.5) is 11.8 Å².